The molecule has 0 unspecified atom stereocenters. The molecular weight excluding hydrogens is 365 g/mol. The number of hydrazone groups is 1. The first-order valence-electron chi connectivity index (χ1n) is 6.95. The maximum Gasteiger partial charge on any atom is 0.224 e. The van der Waals surface area contributed by atoms with Crippen LogP contribution in [-0.2, 0) is 0 Å². The van der Waals surface area contributed by atoms with E-state index in [1.54, 1.807) is 30.3 Å². The Labute approximate surface area is 154 Å². The van der Waals surface area contributed by atoms with E-state index in [9.17, 15) is 10.1 Å². The molecule has 0 aromatic heterocycles. The van der Waals surface area contributed by atoms with Crippen LogP contribution in [0.25, 0.3) is 0 Å². The van der Waals surface area contributed by atoms with E-state index in [1.807, 2.05) is 0 Å². The number of anilines is 1. The van der Waals surface area contributed by atoms with Crippen molar-refractivity contribution < 1.29 is 14.3 Å². The summed E-state index contributed by atoms with van der Waals surface area (Å²) in [6.07, 6.45) is 0. The van der Waals surface area contributed by atoms with Gasteiger partial charge in [0.25, 0.3) is 0 Å². The van der Waals surface area contributed by atoms with Crippen LogP contribution in [0, 0.1) is 11.3 Å². The van der Waals surface area contributed by atoms with E-state index in [1.165, 1.54) is 26.4 Å². The number of Topliss-reactive ketones (excluding diaryl/α,β-unsaturated/α-hetero) is 1. The second kappa shape index (κ2) is 8.38. The smallest absolute Gasteiger partial charge is 0.224 e. The van der Waals surface area contributed by atoms with Gasteiger partial charge in [0, 0.05) is 15.6 Å². The van der Waals surface area contributed by atoms with Crippen LogP contribution >= 0.6 is 23.2 Å². The third-order valence-corrected chi connectivity index (χ3v) is 3.56. The lowest BCUT2D eigenvalue weighted by atomic mass is 10.1. The predicted molar refractivity (Wildman–Crippen MR) is 97.0 cm³/mol. The molecule has 0 saturated carbocycles. The maximum absolute atomic E-state index is 12.5. The fourth-order valence-electron chi connectivity index (χ4n) is 1.98. The van der Waals surface area contributed by atoms with Crippen molar-refractivity contribution >= 4 is 40.4 Å². The van der Waals surface area contributed by atoms with Gasteiger partial charge in [0.05, 0.1) is 19.9 Å². The number of nitrogens with one attached hydrogen (secondary N) is 1. The van der Waals surface area contributed by atoms with Crippen LogP contribution in [0.3, 0.4) is 0 Å². The van der Waals surface area contributed by atoms with Gasteiger partial charge in [-0.1, -0.05) is 23.2 Å². The quantitative estimate of drug-likeness (QED) is 0.463. The van der Waals surface area contributed by atoms with Gasteiger partial charge in [-0.25, -0.2) is 0 Å². The molecule has 0 aliphatic heterocycles. The number of ketones is 1. The highest BCUT2D eigenvalue weighted by molar-refractivity contribution is 6.51. The summed E-state index contributed by atoms with van der Waals surface area (Å²) in [5, 5.41) is 13.9. The van der Waals surface area contributed by atoms with Crippen LogP contribution in [0.4, 0.5) is 5.69 Å². The third-order valence-electron chi connectivity index (χ3n) is 3.13. The lowest BCUT2D eigenvalue weighted by Crippen LogP contribution is -2.14. The number of hydrogen-bond donors (Lipinski definition) is 1. The molecule has 25 heavy (non-hydrogen) atoms. The maximum atomic E-state index is 12.5. The fourth-order valence-corrected chi connectivity index (χ4v) is 2.51. The zero-order valence-corrected chi connectivity index (χ0v) is 14.9. The number of hydrogen-bond acceptors (Lipinski definition) is 6. The molecular formula is C17H13Cl2N3O3. The Hall–Kier alpha value is -2.75. The second-order valence-corrected chi connectivity index (χ2v) is 5.61. The van der Waals surface area contributed by atoms with Gasteiger partial charge in [0.15, 0.2) is 11.5 Å². The molecule has 0 amide bonds. The summed E-state index contributed by atoms with van der Waals surface area (Å²) < 4.78 is 10.3. The second-order valence-electron chi connectivity index (χ2n) is 4.74. The van der Waals surface area contributed by atoms with Crippen LogP contribution < -0.4 is 14.9 Å². The fraction of sp³-hybridized carbons (Fsp3) is 0.118. The molecule has 0 atom stereocenters. The highest BCUT2D eigenvalue weighted by atomic mass is 35.5. The van der Waals surface area contributed by atoms with Gasteiger partial charge in [-0.05, 0) is 36.4 Å². The number of methoxy groups -OCH3 is 2. The molecule has 0 aliphatic rings. The zero-order chi connectivity index (χ0) is 18.4. The van der Waals surface area contributed by atoms with E-state index in [0.717, 1.165) is 0 Å². The van der Waals surface area contributed by atoms with Crippen molar-refractivity contribution in [2.45, 2.75) is 0 Å². The Kier molecular flexibility index (Phi) is 6.23. The minimum Gasteiger partial charge on any atom is -0.493 e. The summed E-state index contributed by atoms with van der Waals surface area (Å²) in [5.74, 6) is 0.283. The molecule has 2 aromatic rings. The van der Waals surface area contributed by atoms with Crippen molar-refractivity contribution in [3.05, 3.63) is 52.0 Å². The molecule has 0 aliphatic carbocycles. The van der Waals surface area contributed by atoms with E-state index in [-0.39, 0.29) is 11.3 Å². The first-order chi connectivity index (χ1) is 12.0. The van der Waals surface area contributed by atoms with Crippen molar-refractivity contribution in [3.63, 3.8) is 0 Å². The Balaban J connectivity index is 2.27. The summed E-state index contributed by atoms with van der Waals surface area (Å²) in [7, 11) is 2.94. The standard InChI is InChI=1S/C17H13Cl2N3O3/c1-24-15-4-3-10(5-16(15)25-2)17(23)14(9-20)22-21-13-7-11(18)6-12(19)8-13/h3-8,21H,1-2H3/b22-14+. The third kappa shape index (κ3) is 4.63. The average molecular weight is 378 g/mol. The summed E-state index contributed by atoms with van der Waals surface area (Å²) in [4.78, 5) is 12.5. The molecule has 2 rings (SSSR count). The van der Waals surface area contributed by atoms with E-state index < -0.39 is 5.78 Å². The van der Waals surface area contributed by atoms with Crippen molar-refractivity contribution in [1.82, 2.24) is 0 Å². The molecule has 0 saturated heterocycles. The molecule has 0 fully saturated rings. The van der Waals surface area contributed by atoms with Gasteiger partial charge in [0.2, 0.25) is 11.5 Å². The number of ether oxygens (including phenoxy) is 2. The number of carbonyl (C=O) groups excluding carboxylic acids is 1. The van der Waals surface area contributed by atoms with E-state index >= 15 is 0 Å². The van der Waals surface area contributed by atoms with Gasteiger partial charge in [0.1, 0.15) is 6.07 Å². The van der Waals surface area contributed by atoms with Crippen LogP contribution in [0.5, 0.6) is 11.5 Å². The lowest BCUT2D eigenvalue weighted by Gasteiger charge is -2.08. The van der Waals surface area contributed by atoms with Crippen molar-refractivity contribution in [2.75, 3.05) is 19.6 Å². The zero-order valence-electron chi connectivity index (χ0n) is 13.3. The summed E-state index contributed by atoms with van der Waals surface area (Å²) in [6.45, 7) is 0. The van der Waals surface area contributed by atoms with Gasteiger partial charge >= 0.3 is 0 Å². The van der Waals surface area contributed by atoms with Crippen molar-refractivity contribution in [2.24, 2.45) is 5.10 Å². The molecule has 2 aromatic carbocycles. The first-order valence-corrected chi connectivity index (χ1v) is 7.70. The lowest BCUT2D eigenvalue weighted by molar-refractivity contribution is 0.106. The number of rotatable bonds is 6. The number of halogens is 2. The number of nitriles is 1. The predicted octanol–water partition coefficient (Wildman–Crippen LogP) is 4.18. The molecule has 0 radical (unpaired) electrons. The Morgan fingerprint density at radius 3 is 2.28 bits per heavy atom. The number of carbonyl (C=O) groups is 1. The van der Waals surface area contributed by atoms with Crippen LogP contribution in [-0.4, -0.2) is 25.7 Å². The average Bonchev–Trinajstić information content (AvgIpc) is 2.60. The van der Waals surface area contributed by atoms with Gasteiger partial charge in [-0.3, -0.25) is 10.2 Å². The minimum absolute atomic E-state index is 0.240. The number of nitrogens with zero attached hydrogens (tertiary/aromatic N) is 2. The summed E-state index contributed by atoms with van der Waals surface area (Å²) >= 11 is 11.8. The first kappa shape index (κ1) is 18.6. The highest BCUT2D eigenvalue weighted by Crippen LogP contribution is 2.28. The van der Waals surface area contributed by atoms with E-state index in [4.69, 9.17) is 32.7 Å². The van der Waals surface area contributed by atoms with Crippen molar-refractivity contribution in [3.8, 4) is 17.6 Å². The van der Waals surface area contributed by atoms with Gasteiger partial charge in [-0.2, -0.15) is 10.4 Å². The van der Waals surface area contributed by atoms with E-state index in [2.05, 4.69) is 10.5 Å². The van der Waals surface area contributed by atoms with Crippen molar-refractivity contribution in [1.29, 1.82) is 5.26 Å². The molecule has 1 N–H and O–H groups in total. The van der Waals surface area contributed by atoms with Crippen LogP contribution in [0.15, 0.2) is 41.5 Å². The SMILES string of the molecule is COc1ccc(C(=O)/C(C#N)=N/Nc2cc(Cl)cc(Cl)c2)cc1OC. The monoisotopic (exact) mass is 377 g/mol. The van der Waals surface area contributed by atoms with E-state index in [0.29, 0.717) is 27.2 Å². The molecule has 6 nitrogen and oxygen atoms in total. The molecule has 0 spiro atoms. The normalized spacial score (nSPS) is 10.8. The molecule has 128 valence electrons. The number of benzene rings is 2. The summed E-state index contributed by atoms with van der Waals surface area (Å²) in [6, 6.07) is 11.0. The molecule has 0 heterocycles. The highest BCUT2D eigenvalue weighted by Gasteiger charge is 2.16. The molecule has 0 bridgehead atoms. The minimum atomic E-state index is -0.566. The largest absolute Gasteiger partial charge is 0.493 e. The Bertz CT molecular complexity index is 856. The summed E-state index contributed by atoms with van der Waals surface area (Å²) in [5.41, 5.74) is 2.96. The topological polar surface area (TPSA) is 83.7 Å². The molecule has 8 heteroatoms. The Morgan fingerprint density at radius 1 is 1.08 bits per heavy atom. The van der Waals surface area contributed by atoms with Crippen LogP contribution in [0.2, 0.25) is 10.0 Å². The Morgan fingerprint density at radius 2 is 1.72 bits per heavy atom. The van der Waals surface area contributed by atoms with Gasteiger partial charge in [-0.15, -0.1) is 0 Å². The van der Waals surface area contributed by atoms with Crippen LogP contribution in [0.1, 0.15) is 10.4 Å². The van der Waals surface area contributed by atoms with Gasteiger partial charge < -0.3 is 9.47 Å².